The summed E-state index contributed by atoms with van der Waals surface area (Å²) in [5, 5.41) is 2.53. The van der Waals surface area contributed by atoms with Gasteiger partial charge in [-0.1, -0.05) is 6.92 Å². The van der Waals surface area contributed by atoms with Crippen molar-refractivity contribution in [3.05, 3.63) is 22.4 Å². The molecule has 0 aliphatic heterocycles. The summed E-state index contributed by atoms with van der Waals surface area (Å²) in [5.74, 6) is -0.541. The summed E-state index contributed by atoms with van der Waals surface area (Å²) in [4.78, 5) is 27.5. The van der Waals surface area contributed by atoms with Crippen LogP contribution in [0.4, 0.5) is 10.5 Å². The number of halogens is 1. The van der Waals surface area contributed by atoms with Crippen LogP contribution < -0.4 is 5.32 Å². The lowest BCUT2D eigenvalue weighted by Crippen LogP contribution is -2.27. The van der Waals surface area contributed by atoms with Crippen molar-refractivity contribution < 1.29 is 19.1 Å². The van der Waals surface area contributed by atoms with Gasteiger partial charge in [-0.25, -0.2) is 14.6 Å². The molecule has 116 valence electrons. The van der Waals surface area contributed by atoms with Crippen molar-refractivity contribution in [2.45, 2.75) is 39.7 Å². The summed E-state index contributed by atoms with van der Waals surface area (Å²) in [5.41, 5.74) is -0.0585. The highest BCUT2D eigenvalue weighted by Gasteiger charge is 2.23. The molecule has 0 saturated carbocycles. The number of hydrogen-bond donors (Lipinski definition) is 1. The van der Waals surface area contributed by atoms with E-state index >= 15 is 0 Å². The first-order valence-electron chi connectivity index (χ1n) is 6.61. The maximum Gasteiger partial charge on any atom is 0.411 e. The summed E-state index contributed by atoms with van der Waals surface area (Å²) in [7, 11) is 0. The van der Waals surface area contributed by atoms with Crippen molar-refractivity contribution in [3.63, 3.8) is 0 Å². The second-order valence-corrected chi connectivity index (χ2v) is 5.75. The molecule has 0 radical (unpaired) electrons. The minimum atomic E-state index is -0.599. The van der Waals surface area contributed by atoms with Crippen LogP contribution in [-0.2, 0) is 9.47 Å². The molecule has 1 amide bonds. The summed E-state index contributed by atoms with van der Waals surface area (Å²) < 4.78 is 10.7. The molecule has 0 aromatic carbocycles. The highest BCUT2D eigenvalue weighted by Crippen LogP contribution is 2.24. The van der Waals surface area contributed by atoms with Crippen LogP contribution in [-0.4, -0.2) is 29.3 Å². The second kappa shape index (κ2) is 7.40. The molecule has 0 unspecified atom stereocenters. The topological polar surface area (TPSA) is 77.5 Å². The number of nitrogens with zero attached hydrogens (tertiary/aromatic N) is 1. The van der Waals surface area contributed by atoms with Crippen LogP contribution in [0.25, 0.3) is 0 Å². The third kappa shape index (κ3) is 5.34. The Balaban J connectivity index is 2.90. The summed E-state index contributed by atoms with van der Waals surface area (Å²) >= 11 is 3.25. The van der Waals surface area contributed by atoms with E-state index < -0.39 is 17.7 Å². The molecule has 0 aliphatic rings. The van der Waals surface area contributed by atoms with Gasteiger partial charge < -0.3 is 9.47 Å². The standard InChI is InChI=1S/C14H19BrN2O4/c1-5-14(3,4)21-12(18)11-7-10(9(15)8-16-11)17-13(19)20-6-2/h7-8H,5-6H2,1-4H3,(H,16,17,19). The number of ether oxygens (including phenoxy) is 2. The van der Waals surface area contributed by atoms with Crippen LogP contribution in [0.1, 0.15) is 44.6 Å². The Bertz CT molecular complexity index is 532. The van der Waals surface area contributed by atoms with Gasteiger partial charge in [-0.3, -0.25) is 5.32 Å². The van der Waals surface area contributed by atoms with E-state index in [-0.39, 0.29) is 12.3 Å². The fraction of sp³-hybridized carbons (Fsp3) is 0.500. The van der Waals surface area contributed by atoms with Crippen LogP contribution in [0.15, 0.2) is 16.7 Å². The number of rotatable bonds is 5. The molecule has 0 atom stereocenters. The quantitative estimate of drug-likeness (QED) is 0.810. The van der Waals surface area contributed by atoms with Gasteiger partial charge >= 0.3 is 12.1 Å². The predicted molar refractivity (Wildman–Crippen MR) is 82.4 cm³/mol. The number of nitrogens with one attached hydrogen (secondary N) is 1. The van der Waals surface area contributed by atoms with Gasteiger partial charge in [-0.2, -0.15) is 0 Å². The number of carbonyl (C=O) groups excluding carboxylic acids is 2. The van der Waals surface area contributed by atoms with Gasteiger partial charge in [0.2, 0.25) is 0 Å². The monoisotopic (exact) mass is 358 g/mol. The number of esters is 1. The Morgan fingerprint density at radius 1 is 1.38 bits per heavy atom. The summed E-state index contributed by atoms with van der Waals surface area (Å²) in [6.45, 7) is 7.53. The van der Waals surface area contributed by atoms with Crippen LogP contribution in [0.5, 0.6) is 0 Å². The van der Waals surface area contributed by atoms with Gasteiger partial charge in [-0.05, 0) is 49.2 Å². The lowest BCUT2D eigenvalue weighted by Gasteiger charge is -2.23. The molecule has 1 aromatic rings. The minimum absolute atomic E-state index is 0.117. The molecule has 1 N–H and O–H groups in total. The SMILES string of the molecule is CCOC(=O)Nc1cc(C(=O)OC(C)(C)CC)ncc1Br. The first kappa shape index (κ1) is 17.4. The van der Waals surface area contributed by atoms with Crippen molar-refractivity contribution in [3.8, 4) is 0 Å². The number of aromatic nitrogens is 1. The average molecular weight is 359 g/mol. The molecule has 0 fully saturated rings. The smallest absolute Gasteiger partial charge is 0.411 e. The van der Waals surface area contributed by atoms with Crippen molar-refractivity contribution >= 4 is 33.7 Å². The van der Waals surface area contributed by atoms with Gasteiger partial charge in [0, 0.05) is 6.20 Å². The Hall–Kier alpha value is -1.63. The molecule has 0 saturated heterocycles. The zero-order chi connectivity index (χ0) is 16.0. The van der Waals surface area contributed by atoms with Gasteiger partial charge in [0.05, 0.1) is 16.8 Å². The highest BCUT2D eigenvalue weighted by molar-refractivity contribution is 9.10. The molecule has 1 heterocycles. The highest BCUT2D eigenvalue weighted by atomic mass is 79.9. The van der Waals surface area contributed by atoms with E-state index in [1.54, 1.807) is 6.92 Å². The predicted octanol–water partition coefficient (Wildman–Crippen LogP) is 3.76. The normalized spacial score (nSPS) is 10.9. The van der Waals surface area contributed by atoms with Crippen molar-refractivity contribution in [2.24, 2.45) is 0 Å². The van der Waals surface area contributed by atoms with Gasteiger partial charge in [0.25, 0.3) is 0 Å². The molecule has 0 bridgehead atoms. The lowest BCUT2D eigenvalue weighted by molar-refractivity contribution is -0.00308. The number of amides is 1. The van der Waals surface area contributed by atoms with E-state index in [4.69, 9.17) is 9.47 Å². The number of hydrogen-bond acceptors (Lipinski definition) is 5. The van der Waals surface area contributed by atoms with Crippen LogP contribution in [0, 0.1) is 0 Å². The molecule has 1 rings (SSSR count). The fourth-order valence-corrected chi connectivity index (χ4v) is 1.61. The van der Waals surface area contributed by atoms with E-state index in [1.165, 1.54) is 12.3 Å². The van der Waals surface area contributed by atoms with Crippen LogP contribution in [0.2, 0.25) is 0 Å². The van der Waals surface area contributed by atoms with E-state index in [0.717, 1.165) is 0 Å². The minimum Gasteiger partial charge on any atom is -0.455 e. The average Bonchev–Trinajstić information content (AvgIpc) is 2.41. The molecule has 6 nitrogen and oxygen atoms in total. The van der Waals surface area contributed by atoms with Crippen LogP contribution in [0.3, 0.4) is 0 Å². The maximum atomic E-state index is 12.1. The zero-order valence-electron chi connectivity index (χ0n) is 12.5. The number of pyridine rings is 1. The van der Waals surface area contributed by atoms with E-state index in [0.29, 0.717) is 16.6 Å². The number of carbonyl (C=O) groups is 2. The van der Waals surface area contributed by atoms with Gasteiger partial charge in [0.15, 0.2) is 5.69 Å². The first-order chi connectivity index (χ1) is 9.79. The molecule has 21 heavy (non-hydrogen) atoms. The largest absolute Gasteiger partial charge is 0.455 e. The van der Waals surface area contributed by atoms with Gasteiger partial charge in [-0.15, -0.1) is 0 Å². The van der Waals surface area contributed by atoms with Crippen molar-refractivity contribution in [1.29, 1.82) is 0 Å². The van der Waals surface area contributed by atoms with Crippen LogP contribution >= 0.6 is 15.9 Å². The molecule has 7 heteroatoms. The molecule has 0 aliphatic carbocycles. The molecular weight excluding hydrogens is 340 g/mol. The molecule has 1 aromatic heterocycles. The van der Waals surface area contributed by atoms with E-state index in [9.17, 15) is 9.59 Å². The third-order valence-corrected chi connectivity index (χ3v) is 3.43. The Morgan fingerprint density at radius 3 is 2.62 bits per heavy atom. The Kier molecular flexibility index (Phi) is 6.14. The second-order valence-electron chi connectivity index (χ2n) is 4.90. The third-order valence-electron chi connectivity index (χ3n) is 2.80. The summed E-state index contributed by atoms with van der Waals surface area (Å²) in [6, 6.07) is 1.44. The molecule has 0 spiro atoms. The Labute approximate surface area is 132 Å². The number of anilines is 1. The Morgan fingerprint density at radius 2 is 2.05 bits per heavy atom. The van der Waals surface area contributed by atoms with E-state index in [2.05, 4.69) is 26.2 Å². The van der Waals surface area contributed by atoms with Crippen molar-refractivity contribution in [1.82, 2.24) is 4.98 Å². The van der Waals surface area contributed by atoms with Gasteiger partial charge in [0.1, 0.15) is 5.60 Å². The lowest BCUT2D eigenvalue weighted by atomic mass is 10.1. The maximum absolute atomic E-state index is 12.1. The fourth-order valence-electron chi connectivity index (χ4n) is 1.30. The molecular formula is C14H19BrN2O4. The summed E-state index contributed by atoms with van der Waals surface area (Å²) in [6.07, 6.45) is 1.51. The van der Waals surface area contributed by atoms with E-state index in [1.807, 2.05) is 20.8 Å². The van der Waals surface area contributed by atoms with Crippen molar-refractivity contribution in [2.75, 3.05) is 11.9 Å². The zero-order valence-corrected chi connectivity index (χ0v) is 14.1. The first-order valence-corrected chi connectivity index (χ1v) is 7.41.